The molecule has 0 aliphatic heterocycles. The molecule has 0 radical (unpaired) electrons. The van der Waals surface area contributed by atoms with E-state index in [1.807, 2.05) is 0 Å². The quantitative estimate of drug-likeness (QED) is 0.934. The third-order valence-corrected chi connectivity index (χ3v) is 2.78. The Morgan fingerprint density at radius 1 is 1.30 bits per heavy atom. The Bertz CT molecular complexity index is 633. The Labute approximate surface area is 113 Å². The Kier molecular flexibility index (Phi) is 3.78. The van der Waals surface area contributed by atoms with E-state index in [9.17, 15) is 13.6 Å². The van der Waals surface area contributed by atoms with Crippen LogP contribution in [0.25, 0.3) is 0 Å². The molecule has 1 heterocycles. The zero-order valence-electron chi connectivity index (χ0n) is 11.0. The number of carboxylic acids is 1. The molecule has 0 spiro atoms. The highest BCUT2D eigenvalue weighted by atomic mass is 19.1. The van der Waals surface area contributed by atoms with Gasteiger partial charge in [0, 0.05) is 6.07 Å². The predicted molar refractivity (Wildman–Crippen MR) is 66.5 cm³/mol. The average molecular weight is 281 g/mol. The van der Waals surface area contributed by atoms with Gasteiger partial charge in [0.05, 0.1) is 12.2 Å². The molecule has 0 unspecified atom stereocenters. The first-order valence-electron chi connectivity index (χ1n) is 6.00. The summed E-state index contributed by atoms with van der Waals surface area (Å²) in [7, 11) is 0. The number of aromatic nitrogens is 3. The van der Waals surface area contributed by atoms with Crippen molar-refractivity contribution in [3.05, 3.63) is 46.8 Å². The first kappa shape index (κ1) is 14.1. The maximum absolute atomic E-state index is 13.1. The van der Waals surface area contributed by atoms with Crippen molar-refractivity contribution < 1.29 is 18.7 Å². The Balaban J connectivity index is 2.41. The molecule has 106 valence electrons. The Hall–Kier alpha value is -2.31. The number of rotatable bonds is 4. The number of halogens is 2. The van der Waals surface area contributed by atoms with Gasteiger partial charge in [-0.3, -0.25) is 0 Å². The summed E-state index contributed by atoms with van der Waals surface area (Å²) in [5.41, 5.74) is 0.630. The van der Waals surface area contributed by atoms with Gasteiger partial charge in [0.2, 0.25) is 0 Å². The zero-order valence-corrected chi connectivity index (χ0v) is 11.0. The van der Waals surface area contributed by atoms with Gasteiger partial charge in [-0.25, -0.2) is 18.3 Å². The van der Waals surface area contributed by atoms with Gasteiger partial charge in [0.15, 0.2) is 5.69 Å². The highest BCUT2D eigenvalue weighted by Gasteiger charge is 2.21. The zero-order chi connectivity index (χ0) is 14.9. The largest absolute Gasteiger partial charge is 0.476 e. The molecule has 1 aromatic carbocycles. The number of aromatic carboxylic acids is 1. The van der Waals surface area contributed by atoms with E-state index >= 15 is 0 Å². The minimum atomic E-state index is -1.18. The number of hydrogen-bond acceptors (Lipinski definition) is 3. The maximum Gasteiger partial charge on any atom is 0.358 e. The van der Waals surface area contributed by atoms with Crippen LogP contribution < -0.4 is 0 Å². The Morgan fingerprint density at radius 3 is 2.40 bits per heavy atom. The fourth-order valence-corrected chi connectivity index (χ4v) is 2.04. The SMILES string of the molecule is CC(C)c1c(C(=O)O)nnn1Cc1cc(F)cc(F)c1. The summed E-state index contributed by atoms with van der Waals surface area (Å²) in [6, 6.07) is 3.13. The lowest BCUT2D eigenvalue weighted by Crippen LogP contribution is -2.11. The summed E-state index contributed by atoms with van der Waals surface area (Å²) in [5, 5.41) is 16.4. The number of carboxylic acid groups (broad SMARTS) is 1. The monoisotopic (exact) mass is 281 g/mol. The second-order valence-corrected chi connectivity index (χ2v) is 4.72. The third kappa shape index (κ3) is 2.81. The molecule has 0 bridgehead atoms. The fourth-order valence-electron chi connectivity index (χ4n) is 2.04. The first-order valence-corrected chi connectivity index (χ1v) is 6.00. The van der Waals surface area contributed by atoms with Crippen LogP contribution in [-0.2, 0) is 6.54 Å². The molecule has 0 saturated heterocycles. The lowest BCUT2D eigenvalue weighted by atomic mass is 10.1. The molecule has 2 rings (SSSR count). The van der Waals surface area contributed by atoms with Crippen LogP contribution in [0.1, 0.15) is 41.5 Å². The van der Waals surface area contributed by atoms with Gasteiger partial charge in [-0.15, -0.1) is 5.10 Å². The number of hydrogen-bond donors (Lipinski definition) is 1. The highest BCUT2D eigenvalue weighted by molar-refractivity contribution is 5.86. The predicted octanol–water partition coefficient (Wildman–Crippen LogP) is 2.43. The molecule has 1 aromatic heterocycles. The van der Waals surface area contributed by atoms with E-state index in [-0.39, 0.29) is 18.2 Å². The van der Waals surface area contributed by atoms with E-state index in [2.05, 4.69) is 10.3 Å². The second-order valence-electron chi connectivity index (χ2n) is 4.72. The summed E-state index contributed by atoms with van der Waals surface area (Å²) >= 11 is 0. The van der Waals surface area contributed by atoms with Gasteiger partial charge in [-0.2, -0.15) is 0 Å². The molecular weight excluding hydrogens is 268 g/mol. The van der Waals surface area contributed by atoms with Crippen LogP contribution in [-0.4, -0.2) is 26.1 Å². The molecule has 0 amide bonds. The van der Waals surface area contributed by atoms with Crippen molar-refractivity contribution in [2.24, 2.45) is 0 Å². The van der Waals surface area contributed by atoms with Gasteiger partial charge in [0.1, 0.15) is 11.6 Å². The normalized spacial score (nSPS) is 11.1. The van der Waals surface area contributed by atoms with Crippen LogP contribution in [0.4, 0.5) is 8.78 Å². The molecule has 2 aromatic rings. The van der Waals surface area contributed by atoms with E-state index in [1.54, 1.807) is 13.8 Å². The third-order valence-electron chi connectivity index (χ3n) is 2.78. The molecule has 0 aliphatic rings. The van der Waals surface area contributed by atoms with Crippen molar-refractivity contribution in [3.63, 3.8) is 0 Å². The van der Waals surface area contributed by atoms with Crippen LogP contribution in [0.15, 0.2) is 18.2 Å². The molecular formula is C13H13F2N3O2. The second kappa shape index (κ2) is 5.36. The van der Waals surface area contributed by atoms with Gasteiger partial charge >= 0.3 is 5.97 Å². The van der Waals surface area contributed by atoms with Gasteiger partial charge in [0.25, 0.3) is 0 Å². The van der Waals surface area contributed by atoms with Crippen molar-refractivity contribution in [1.82, 2.24) is 15.0 Å². The van der Waals surface area contributed by atoms with Crippen molar-refractivity contribution >= 4 is 5.97 Å². The molecule has 5 nitrogen and oxygen atoms in total. The lowest BCUT2D eigenvalue weighted by molar-refractivity contribution is 0.0688. The minimum absolute atomic E-state index is 0.0580. The maximum atomic E-state index is 13.1. The van der Waals surface area contributed by atoms with E-state index < -0.39 is 17.6 Å². The van der Waals surface area contributed by atoms with Crippen molar-refractivity contribution in [2.75, 3.05) is 0 Å². The number of benzene rings is 1. The number of nitrogens with zero attached hydrogens (tertiary/aromatic N) is 3. The van der Waals surface area contributed by atoms with Crippen molar-refractivity contribution in [3.8, 4) is 0 Å². The minimum Gasteiger partial charge on any atom is -0.476 e. The summed E-state index contributed by atoms with van der Waals surface area (Å²) in [5.74, 6) is -2.69. The van der Waals surface area contributed by atoms with E-state index in [1.165, 1.54) is 16.8 Å². The molecule has 7 heteroatoms. The summed E-state index contributed by atoms with van der Waals surface area (Å²) in [6.07, 6.45) is 0. The molecule has 1 N–H and O–H groups in total. The molecule has 0 atom stereocenters. The van der Waals surface area contributed by atoms with Crippen LogP contribution in [0.5, 0.6) is 0 Å². The smallest absolute Gasteiger partial charge is 0.358 e. The van der Waals surface area contributed by atoms with Gasteiger partial charge in [-0.1, -0.05) is 19.1 Å². The van der Waals surface area contributed by atoms with Gasteiger partial charge in [-0.05, 0) is 23.6 Å². The van der Waals surface area contributed by atoms with Crippen molar-refractivity contribution in [2.45, 2.75) is 26.3 Å². The molecule has 20 heavy (non-hydrogen) atoms. The molecule has 0 fully saturated rings. The fraction of sp³-hybridized carbons (Fsp3) is 0.308. The lowest BCUT2D eigenvalue weighted by Gasteiger charge is -2.10. The first-order chi connectivity index (χ1) is 9.38. The van der Waals surface area contributed by atoms with E-state index in [0.717, 1.165) is 6.07 Å². The Morgan fingerprint density at radius 2 is 1.90 bits per heavy atom. The number of carbonyl (C=O) groups is 1. The average Bonchev–Trinajstić information content (AvgIpc) is 2.71. The van der Waals surface area contributed by atoms with Crippen molar-refractivity contribution in [1.29, 1.82) is 0 Å². The highest BCUT2D eigenvalue weighted by Crippen LogP contribution is 2.19. The van der Waals surface area contributed by atoms with E-state index in [4.69, 9.17) is 5.11 Å². The summed E-state index contributed by atoms with van der Waals surface area (Å²) < 4.78 is 27.6. The van der Waals surface area contributed by atoms with Crippen LogP contribution in [0.3, 0.4) is 0 Å². The van der Waals surface area contributed by atoms with Crippen LogP contribution >= 0.6 is 0 Å². The van der Waals surface area contributed by atoms with Crippen LogP contribution in [0, 0.1) is 11.6 Å². The molecule has 0 saturated carbocycles. The summed E-state index contributed by atoms with van der Waals surface area (Å²) in [4.78, 5) is 11.1. The van der Waals surface area contributed by atoms with Gasteiger partial charge < -0.3 is 5.11 Å². The van der Waals surface area contributed by atoms with Crippen LogP contribution in [0.2, 0.25) is 0 Å². The molecule has 0 aliphatic carbocycles. The van der Waals surface area contributed by atoms with E-state index in [0.29, 0.717) is 11.3 Å². The standard InChI is InChI=1S/C13H13F2N3O2/c1-7(2)12-11(13(19)20)16-17-18(12)6-8-3-9(14)5-10(15)4-8/h3-5,7H,6H2,1-2H3,(H,19,20). The topological polar surface area (TPSA) is 68.0 Å². The summed E-state index contributed by atoms with van der Waals surface area (Å²) in [6.45, 7) is 3.66.